The average molecular weight is 396 g/mol. The normalized spacial score (nSPS) is 16.1. The molecule has 0 radical (unpaired) electrons. The van der Waals surface area contributed by atoms with E-state index in [1.807, 2.05) is 31.2 Å². The molecule has 9 heteroatoms. The van der Waals surface area contributed by atoms with E-state index < -0.39 is 34.4 Å². The highest BCUT2D eigenvalue weighted by molar-refractivity contribution is 5.95. The van der Waals surface area contributed by atoms with Crippen LogP contribution >= 0.6 is 0 Å². The lowest BCUT2D eigenvalue weighted by Gasteiger charge is -2.28. The molecule has 3 rings (SSSR count). The number of ether oxygens (including phenoxy) is 1. The molecule has 2 aromatic rings. The van der Waals surface area contributed by atoms with Crippen LogP contribution in [0.4, 0.5) is 10.5 Å². The molecule has 1 heterocycles. The second-order valence-electron chi connectivity index (χ2n) is 6.62. The molecule has 2 N–H and O–H groups in total. The summed E-state index contributed by atoms with van der Waals surface area (Å²) in [6.07, 6.45) is 0. The zero-order valence-corrected chi connectivity index (χ0v) is 15.7. The zero-order chi connectivity index (χ0) is 21.1. The van der Waals surface area contributed by atoms with Crippen LogP contribution in [0.15, 0.2) is 53.7 Å². The number of carbonyl (C=O) groups excluding carboxylic acids is 2. The molecule has 1 aliphatic heterocycles. The van der Waals surface area contributed by atoms with Gasteiger partial charge in [-0.1, -0.05) is 42.0 Å². The topological polar surface area (TPSA) is 134 Å². The van der Waals surface area contributed by atoms with Gasteiger partial charge in [0.15, 0.2) is 0 Å². The Morgan fingerprint density at radius 3 is 2.52 bits per heavy atom. The fraction of sp³-hybridized carbons (Fsp3) is 0.200. The predicted octanol–water partition coefficient (Wildman–Crippen LogP) is 2.35. The Labute approximate surface area is 166 Å². The molecule has 9 nitrogen and oxygen atoms in total. The molecule has 29 heavy (non-hydrogen) atoms. The monoisotopic (exact) mass is 396 g/mol. The van der Waals surface area contributed by atoms with Crippen LogP contribution in [-0.2, 0) is 16.1 Å². The lowest BCUT2D eigenvalue weighted by Crippen LogP contribution is -2.45. The van der Waals surface area contributed by atoms with Gasteiger partial charge < -0.3 is 20.5 Å². The molecular formula is C20H18N3O6-. The largest absolute Gasteiger partial charge is 0.868 e. The van der Waals surface area contributed by atoms with Gasteiger partial charge in [-0.05, 0) is 30.7 Å². The standard InChI is InChI=1S/C20H19N3O6/c1-11-3-5-13(6-4-11)10-29-19(25)17-12(2)21-20(26)22-18(17)14-7-8-16(24)15(9-14)23(27)28/h3-9,18,24H,10H2,1-2H3,(H2,21,22,26)/p-1/t18-/m1/s1. The number of carbonyl (C=O) groups is 2. The molecule has 2 amide bonds. The van der Waals surface area contributed by atoms with Crippen molar-refractivity contribution in [3.05, 3.63) is 80.5 Å². The molecule has 0 spiro atoms. The molecule has 1 aliphatic rings. The van der Waals surface area contributed by atoms with Crippen molar-refractivity contribution in [2.45, 2.75) is 26.5 Å². The van der Waals surface area contributed by atoms with Gasteiger partial charge in [0.05, 0.1) is 16.5 Å². The summed E-state index contributed by atoms with van der Waals surface area (Å²) < 4.78 is 5.38. The van der Waals surface area contributed by atoms with Crippen LogP contribution in [-0.4, -0.2) is 16.9 Å². The summed E-state index contributed by atoms with van der Waals surface area (Å²) in [5.74, 6) is -1.45. The van der Waals surface area contributed by atoms with E-state index in [9.17, 15) is 24.8 Å². The summed E-state index contributed by atoms with van der Waals surface area (Å²) in [6, 6.07) is 9.31. The van der Waals surface area contributed by atoms with Gasteiger partial charge in [0.1, 0.15) is 6.61 Å². The van der Waals surface area contributed by atoms with Crippen LogP contribution in [0.3, 0.4) is 0 Å². The molecule has 0 fully saturated rings. The Bertz CT molecular complexity index is 1010. The van der Waals surface area contributed by atoms with Crippen molar-refractivity contribution < 1.29 is 24.4 Å². The van der Waals surface area contributed by atoms with Crippen molar-refractivity contribution >= 4 is 17.7 Å². The number of benzene rings is 2. The van der Waals surface area contributed by atoms with Gasteiger partial charge in [-0.3, -0.25) is 10.1 Å². The van der Waals surface area contributed by atoms with Gasteiger partial charge in [-0.2, -0.15) is 0 Å². The maximum atomic E-state index is 12.8. The number of rotatable bonds is 5. The van der Waals surface area contributed by atoms with Gasteiger partial charge in [-0.15, -0.1) is 0 Å². The van der Waals surface area contributed by atoms with Crippen molar-refractivity contribution in [2.24, 2.45) is 0 Å². The molecule has 0 saturated carbocycles. The number of nitro benzene ring substituents is 1. The van der Waals surface area contributed by atoms with Crippen LogP contribution in [0.1, 0.15) is 29.7 Å². The van der Waals surface area contributed by atoms with E-state index in [0.29, 0.717) is 0 Å². The Hall–Kier alpha value is -3.88. The van der Waals surface area contributed by atoms with E-state index in [2.05, 4.69) is 10.6 Å². The smallest absolute Gasteiger partial charge is 0.338 e. The number of nitrogens with one attached hydrogen (secondary N) is 2. The maximum Gasteiger partial charge on any atom is 0.338 e. The van der Waals surface area contributed by atoms with Crippen molar-refractivity contribution in [2.75, 3.05) is 0 Å². The first-order valence-corrected chi connectivity index (χ1v) is 8.72. The lowest BCUT2D eigenvalue weighted by molar-refractivity contribution is -0.398. The van der Waals surface area contributed by atoms with Gasteiger partial charge in [0.2, 0.25) is 0 Å². The molecule has 0 unspecified atom stereocenters. The van der Waals surface area contributed by atoms with Gasteiger partial charge >= 0.3 is 12.0 Å². The molecule has 1 atom stereocenters. The highest BCUT2D eigenvalue weighted by Gasteiger charge is 2.33. The minimum atomic E-state index is -0.992. The van der Waals surface area contributed by atoms with E-state index in [1.54, 1.807) is 0 Å². The van der Waals surface area contributed by atoms with Crippen molar-refractivity contribution in [3.63, 3.8) is 0 Å². The molecule has 0 aromatic heterocycles. The Morgan fingerprint density at radius 1 is 1.17 bits per heavy atom. The number of hydrogen-bond acceptors (Lipinski definition) is 6. The second kappa shape index (κ2) is 8.01. The van der Waals surface area contributed by atoms with E-state index >= 15 is 0 Å². The molecule has 2 aromatic carbocycles. The SMILES string of the molecule is CC1=C(C(=O)OCc2ccc(C)cc2)[C@@H](c2ccc([O-])c([N+](=O)[O-])c2)NC(=O)N1. The lowest BCUT2D eigenvalue weighted by atomic mass is 9.95. The fourth-order valence-corrected chi connectivity index (χ4v) is 2.98. The summed E-state index contributed by atoms with van der Waals surface area (Å²) >= 11 is 0. The number of allylic oxidation sites excluding steroid dienone is 1. The minimum Gasteiger partial charge on any atom is -0.868 e. The molecule has 150 valence electrons. The van der Waals surface area contributed by atoms with E-state index in [4.69, 9.17) is 4.74 Å². The van der Waals surface area contributed by atoms with Crippen LogP contribution in [0.2, 0.25) is 0 Å². The first-order chi connectivity index (χ1) is 13.8. The van der Waals surface area contributed by atoms with Crippen molar-refractivity contribution in [1.82, 2.24) is 10.6 Å². The predicted molar refractivity (Wildman–Crippen MR) is 101 cm³/mol. The van der Waals surface area contributed by atoms with Gasteiger partial charge in [0.25, 0.3) is 5.69 Å². The average Bonchev–Trinajstić information content (AvgIpc) is 2.67. The summed E-state index contributed by atoms with van der Waals surface area (Å²) in [5, 5.41) is 27.8. The second-order valence-corrected chi connectivity index (χ2v) is 6.62. The Balaban J connectivity index is 1.89. The van der Waals surface area contributed by atoms with E-state index in [-0.39, 0.29) is 23.4 Å². The number of nitro groups is 1. The number of amides is 2. The van der Waals surface area contributed by atoms with Crippen molar-refractivity contribution in [3.8, 4) is 5.75 Å². The highest BCUT2D eigenvalue weighted by atomic mass is 16.6. The molecule has 0 bridgehead atoms. The quantitative estimate of drug-likeness (QED) is 0.453. The summed E-state index contributed by atoms with van der Waals surface area (Å²) in [6.45, 7) is 3.50. The number of urea groups is 1. The van der Waals surface area contributed by atoms with Crippen LogP contribution in [0, 0.1) is 17.0 Å². The zero-order valence-electron chi connectivity index (χ0n) is 15.7. The Morgan fingerprint density at radius 2 is 1.86 bits per heavy atom. The van der Waals surface area contributed by atoms with Gasteiger partial charge in [0, 0.05) is 11.8 Å². The molecule has 0 aliphatic carbocycles. The number of hydrogen-bond donors (Lipinski definition) is 2. The minimum absolute atomic E-state index is 0.0240. The van der Waals surface area contributed by atoms with Crippen molar-refractivity contribution in [1.29, 1.82) is 0 Å². The summed E-state index contributed by atoms with van der Waals surface area (Å²) in [7, 11) is 0. The Kier molecular flexibility index (Phi) is 5.49. The summed E-state index contributed by atoms with van der Waals surface area (Å²) in [4.78, 5) is 35.0. The first kappa shape index (κ1) is 19.9. The third-order valence-corrected chi connectivity index (χ3v) is 4.49. The first-order valence-electron chi connectivity index (χ1n) is 8.72. The number of aryl methyl sites for hydroxylation is 1. The third-order valence-electron chi connectivity index (χ3n) is 4.49. The number of nitrogens with zero attached hydrogens (tertiary/aromatic N) is 1. The maximum absolute atomic E-state index is 12.8. The van der Waals surface area contributed by atoms with Crippen LogP contribution in [0.5, 0.6) is 5.75 Å². The fourth-order valence-electron chi connectivity index (χ4n) is 2.98. The summed E-state index contributed by atoms with van der Waals surface area (Å²) in [5.41, 5.74) is 1.82. The number of esters is 1. The molecular weight excluding hydrogens is 378 g/mol. The van der Waals surface area contributed by atoms with E-state index in [0.717, 1.165) is 23.3 Å². The van der Waals surface area contributed by atoms with E-state index in [1.165, 1.54) is 13.0 Å². The van der Waals surface area contributed by atoms with Crippen LogP contribution in [0.25, 0.3) is 0 Å². The third kappa shape index (κ3) is 4.34. The van der Waals surface area contributed by atoms with Gasteiger partial charge in [-0.25, -0.2) is 9.59 Å². The van der Waals surface area contributed by atoms with Crippen LogP contribution < -0.4 is 15.7 Å². The molecule has 0 saturated heterocycles. The highest BCUT2D eigenvalue weighted by Crippen LogP contribution is 2.32.